The molecule has 7 heteroatoms. The Bertz CT molecular complexity index is 606. The summed E-state index contributed by atoms with van der Waals surface area (Å²) in [5.74, 6) is -1.79. The summed E-state index contributed by atoms with van der Waals surface area (Å²) in [7, 11) is 0. The lowest BCUT2D eigenvalue weighted by Crippen LogP contribution is -2.42. The van der Waals surface area contributed by atoms with Gasteiger partial charge in [0, 0.05) is 19.0 Å². The largest absolute Gasteiger partial charge is 0.460 e. The number of nitrogens with zero attached hydrogens (tertiary/aromatic N) is 1. The van der Waals surface area contributed by atoms with Crippen LogP contribution in [0.5, 0.6) is 0 Å². The number of hydrogen-bond acceptors (Lipinski definition) is 5. The Morgan fingerprint density at radius 1 is 1.32 bits per heavy atom. The lowest BCUT2D eigenvalue weighted by molar-refractivity contribution is -0.157. The van der Waals surface area contributed by atoms with Crippen LogP contribution in [0, 0.1) is 17.8 Å². The molecule has 1 N–H and O–H groups in total. The fraction of sp³-hybridized carbons (Fsp3) is 0.714. The number of carbonyl (C=O) groups excluding carboxylic acids is 4. The minimum atomic E-state index is -0.622. The maximum absolute atomic E-state index is 12.9. The van der Waals surface area contributed by atoms with Gasteiger partial charge in [0.1, 0.15) is 5.60 Å². The first kappa shape index (κ1) is 23.9. The monoisotopic (exact) mass is 394 g/mol. The van der Waals surface area contributed by atoms with Crippen LogP contribution >= 0.6 is 0 Å². The van der Waals surface area contributed by atoms with Gasteiger partial charge in [0.25, 0.3) is 0 Å². The standard InChI is InChI=1S/C21H34N2O5/c1-7-18(25)23(12-15-8-9-22-20(15)27)13-17(24)16(10-14(2)3)11-19(26)28-21(4,5)6/h7,14-16H,1,8-13H2,2-6H3,(H,22,27)/t15-,16+/m0/s1. The van der Waals surface area contributed by atoms with Gasteiger partial charge in [-0.1, -0.05) is 20.4 Å². The summed E-state index contributed by atoms with van der Waals surface area (Å²) in [4.78, 5) is 50.6. The van der Waals surface area contributed by atoms with Gasteiger partial charge in [0.15, 0.2) is 5.78 Å². The lowest BCUT2D eigenvalue weighted by atomic mass is 9.90. The number of Topliss-reactive ketones (excluding diaryl/α,β-unsaturated/α-hetero) is 1. The maximum atomic E-state index is 12.9. The number of carbonyl (C=O) groups is 4. The van der Waals surface area contributed by atoms with Crippen LogP contribution in [-0.2, 0) is 23.9 Å². The Balaban J connectivity index is 2.85. The summed E-state index contributed by atoms with van der Waals surface area (Å²) >= 11 is 0. The van der Waals surface area contributed by atoms with E-state index in [0.29, 0.717) is 19.4 Å². The summed E-state index contributed by atoms with van der Waals surface area (Å²) in [5.41, 5.74) is -0.622. The molecule has 158 valence electrons. The zero-order valence-electron chi connectivity index (χ0n) is 17.7. The van der Waals surface area contributed by atoms with Crippen LogP contribution in [-0.4, -0.2) is 53.7 Å². The molecule has 0 radical (unpaired) electrons. The van der Waals surface area contributed by atoms with E-state index in [9.17, 15) is 19.2 Å². The molecular weight excluding hydrogens is 360 g/mol. The number of hydrogen-bond donors (Lipinski definition) is 1. The van der Waals surface area contributed by atoms with Crippen LogP contribution in [0.15, 0.2) is 12.7 Å². The van der Waals surface area contributed by atoms with Crippen molar-refractivity contribution in [2.24, 2.45) is 17.8 Å². The van der Waals surface area contributed by atoms with Crippen molar-refractivity contribution in [3.8, 4) is 0 Å². The Morgan fingerprint density at radius 2 is 1.96 bits per heavy atom. The molecule has 1 saturated heterocycles. The molecular formula is C21H34N2O5. The van der Waals surface area contributed by atoms with Gasteiger partial charge in [-0.2, -0.15) is 0 Å². The molecule has 0 aliphatic carbocycles. The highest BCUT2D eigenvalue weighted by Crippen LogP contribution is 2.21. The highest BCUT2D eigenvalue weighted by molar-refractivity contribution is 5.93. The predicted octanol–water partition coefficient (Wildman–Crippen LogP) is 2.10. The quantitative estimate of drug-likeness (QED) is 0.452. The van der Waals surface area contributed by atoms with E-state index >= 15 is 0 Å². The van der Waals surface area contributed by atoms with Gasteiger partial charge in [0.2, 0.25) is 11.8 Å². The van der Waals surface area contributed by atoms with Crippen LogP contribution in [0.3, 0.4) is 0 Å². The molecule has 2 amide bonds. The van der Waals surface area contributed by atoms with Crippen molar-refractivity contribution in [1.82, 2.24) is 10.2 Å². The van der Waals surface area contributed by atoms with Crippen molar-refractivity contribution in [2.75, 3.05) is 19.6 Å². The Labute approximate surface area is 167 Å². The van der Waals surface area contributed by atoms with Crippen molar-refractivity contribution in [3.63, 3.8) is 0 Å². The molecule has 1 rings (SSSR count). The van der Waals surface area contributed by atoms with Crippen LogP contribution < -0.4 is 5.32 Å². The molecule has 1 fully saturated rings. The molecule has 0 unspecified atom stereocenters. The normalized spacial score (nSPS) is 17.8. The summed E-state index contributed by atoms with van der Waals surface area (Å²) in [5, 5.41) is 2.73. The first-order valence-electron chi connectivity index (χ1n) is 9.86. The second-order valence-electron chi connectivity index (χ2n) is 8.78. The maximum Gasteiger partial charge on any atom is 0.307 e. The number of ketones is 1. The molecule has 0 aromatic carbocycles. The van der Waals surface area contributed by atoms with E-state index in [4.69, 9.17) is 4.74 Å². The number of amides is 2. The molecule has 7 nitrogen and oxygen atoms in total. The Morgan fingerprint density at radius 3 is 2.43 bits per heavy atom. The molecule has 28 heavy (non-hydrogen) atoms. The third-order valence-electron chi connectivity index (χ3n) is 4.48. The second kappa shape index (κ2) is 10.4. The van der Waals surface area contributed by atoms with Gasteiger partial charge in [-0.3, -0.25) is 19.2 Å². The van der Waals surface area contributed by atoms with Gasteiger partial charge in [0.05, 0.1) is 18.9 Å². The number of ether oxygens (including phenoxy) is 1. The molecule has 2 atom stereocenters. The average molecular weight is 395 g/mol. The smallest absolute Gasteiger partial charge is 0.307 e. The second-order valence-corrected chi connectivity index (χ2v) is 8.78. The summed E-state index contributed by atoms with van der Waals surface area (Å²) in [6.45, 7) is 13.4. The van der Waals surface area contributed by atoms with E-state index in [1.54, 1.807) is 20.8 Å². The highest BCUT2D eigenvalue weighted by atomic mass is 16.6. The molecule has 0 aromatic heterocycles. The highest BCUT2D eigenvalue weighted by Gasteiger charge is 2.31. The van der Waals surface area contributed by atoms with Gasteiger partial charge in [-0.15, -0.1) is 0 Å². The van der Waals surface area contributed by atoms with Gasteiger partial charge < -0.3 is 15.0 Å². The molecule has 1 aliphatic rings. The van der Waals surface area contributed by atoms with E-state index in [0.717, 1.165) is 6.08 Å². The number of esters is 1. The van der Waals surface area contributed by atoms with E-state index in [1.807, 2.05) is 13.8 Å². The predicted molar refractivity (Wildman–Crippen MR) is 106 cm³/mol. The van der Waals surface area contributed by atoms with Crippen LogP contribution in [0.1, 0.15) is 53.9 Å². The molecule has 0 aromatic rings. The fourth-order valence-corrected chi connectivity index (χ4v) is 3.25. The van der Waals surface area contributed by atoms with Crippen LogP contribution in [0.2, 0.25) is 0 Å². The van der Waals surface area contributed by atoms with E-state index < -0.39 is 23.4 Å². The van der Waals surface area contributed by atoms with E-state index in [2.05, 4.69) is 11.9 Å². The van der Waals surface area contributed by atoms with Crippen molar-refractivity contribution in [3.05, 3.63) is 12.7 Å². The van der Waals surface area contributed by atoms with Crippen molar-refractivity contribution in [2.45, 2.75) is 59.5 Å². The number of rotatable bonds is 10. The molecule has 1 aliphatic heterocycles. The third-order valence-corrected chi connectivity index (χ3v) is 4.48. The average Bonchev–Trinajstić information content (AvgIpc) is 2.95. The molecule has 0 spiro atoms. The SMILES string of the molecule is C=CC(=O)N(CC(=O)[C@@H](CC(=O)OC(C)(C)C)CC(C)C)C[C@@H]1CCNC1=O. The summed E-state index contributed by atoms with van der Waals surface area (Å²) in [6.07, 6.45) is 2.28. The van der Waals surface area contributed by atoms with Gasteiger partial charge >= 0.3 is 5.97 Å². The van der Waals surface area contributed by atoms with Gasteiger partial charge in [-0.25, -0.2) is 0 Å². The minimum Gasteiger partial charge on any atom is -0.460 e. The topological polar surface area (TPSA) is 92.8 Å². The molecule has 0 bridgehead atoms. The summed E-state index contributed by atoms with van der Waals surface area (Å²) < 4.78 is 5.35. The molecule has 1 heterocycles. The third kappa shape index (κ3) is 8.23. The molecule has 0 saturated carbocycles. The first-order valence-corrected chi connectivity index (χ1v) is 9.86. The van der Waals surface area contributed by atoms with Crippen LogP contribution in [0.25, 0.3) is 0 Å². The summed E-state index contributed by atoms with van der Waals surface area (Å²) in [6, 6.07) is 0. The van der Waals surface area contributed by atoms with Crippen molar-refractivity contribution in [1.29, 1.82) is 0 Å². The lowest BCUT2D eigenvalue weighted by Gasteiger charge is -2.26. The zero-order valence-corrected chi connectivity index (χ0v) is 17.7. The zero-order chi connectivity index (χ0) is 21.5. The fourth-order valence-electron chi connectivity index (χ4n) is 3.25. The van der Waals surface area contributed by atoms with Crippen LogP contribution in [0.4, 0.5) is 0 Å². The van der Waals surface area contributed by atoms with Crippen molar-refractivity contribution >= 4 is 23.6 Å². The first-order chi connectivity index (χ1) is 12.9. The van der Waals surface area contributed by atoms with E-state index in [1.165, 1.54) is 4.90 Å². The van der Waals surface area contributed by atoms with E-state index in [-0.39, 0.29) is 43.0 Å². The minimum absolute atomic E-state index is 0.0195. The van der Waals surface area contributed by atoms with Crippen molar-refractivity contribution < 1.29 is 23.9 Å². The number of nitrogens with one attached hydrogen (secondary N) is 1. The Kier molecular flexibility index (Phi) is 8.85. The van der Waals surface area contributed by atoms with Gasteiger partial charge in [-0.05, 0) is 45.6 Å². The Hall–Kier alpha value is -2.18.